The first-order valence-corrected chi connectivity index (χ1v) is 8.78. The average molecular weight is 268 g/mol. The maximum Gasteiger partial charge on any atom is 0.135 e. The molecule has 0 N–H and O–H groups in total. The molecule has 0 fully saturated rings. The second-order valence-electron chi connectivity index (χ2n) is 5.97. The third-order valence-corrected chi connectivity index (χ3v) is 4.01. The zero-order chi connectivity index (χ0) is 14.3. The van der Waals surface area contributed by atoms with Crippen LogP contribution in [0, 0.1) is 5.92 Å². The van der Waals surface area contributed by atoms with Crippen LogP contribution in [-0.2, 0) is 4.79 Å². The zero-order valence-corrected chi connectivity index (χ0v) is 13.7. The molecule has 0 aromatic rings. The minimum Gasteiger partial charge on any atom is -0.299 e. The van der Waals surface area contributed by atoms with Crippen LogP contribution in [0.3, 0.4) is 0 Å². The van der Waals surface area contributed by atoms with Crippen molar-refractivity contribution in [2.24, 2.45) is 5.92 Å². The van der Waals surface area contributed by atoms with Gasteiger partial charge >= 0.3 is 0 Å². The van der Waals surface area contributed by atoms with Crippen LogP contribution in [0.5, 0.6) is 0 Å². The maximum atomic E-state index is 12.1. The van der Waals surface area contributed by atoms with Crippen molar-refractivity contribution in [2.45, 2.75) is 104 Å². The van der Waals surface area contributed by atoms with Gasteiger partial charge in [-0.15, -0.1) is 0 Å². The minimum absolute atomic E-state index is 0.361. The lowest BCUT2D eigenvalue weighted by atomic mass is 9.91. The van der Waals surface area contributed by atoms with Gasteiger partial charge in [0.15, 0.2) is 0 Å². The predicted molar refractivity (Wildman–Crippen MR) is 85.5 cm³/mol. The molecular formula is C18H36O. The van der Waals surface area contributed by atoms with Crippen molar-refractivity contribution in [3.63, 3.8) is 0 Å². The number of ketones is 1. The van der Waals surface area contributed by atoms with Gasteiger partial charge in [-0.3, -0.25) is 4.79 Å². The summed E-state index contributed by atoms with van der Waals surface area (Å²) in [6, 6.07) is 0. The fourth-order valence-electron chi connectivity index (χ4n) is 2.80. The molecule has 0 radical (unpaired) electrons. The van der Waals surface area contributed by atoms with Gasteiger partial charge in [0, 0.05) is 12.3 Å². The van der Waals surface area contributed by atoms with Crippen molar-refractivity contribution in [1.29, 1.82) is 0 Å². The summed E-state index contributed by atoms with van der Waals surface area (Å²) in [6.45, 7) is 6.63. The molecule has 0 bridgehead atoms. The van der Waals surface area contributed by atoms with E-state index in [2.05, 4.69) is 20.8 Å². The summed E-state index contributed by atoms with van der Waals surface area (Å²) in [5.74, 6) is 0.897. The van der Waals surface area contributed by atoms with Gasteiger partial charge in [-0.1, -0.05) is 78.6 Å². The summed E-state index contributed by atoms with van der Waals surface area (Å²) >= 11 is 0. The fourth-order valence-corrected chi connectivity index (χ4v) is 2.80. The Hall–Kier alpha value is -0.330. The Morgan fingerprint density at radius 3 is 1.63 bits per heavy atom. The van der Waals surface area contributed by atoms with Gasteiger partial charge in [0.2, 0.25) is 0 Å². The average Bonchev–Trinajstić information content (AvgIpc) is 2.41. The minimum atomic E-state index is 0.361. The van der Waals surface area contributed by atoms with Crippen LogP contribution in [0.4, 0.5) is 0 Å². The number of Topliss-reactive ketones (excluding diaryl/α,β-unsaturated/α-hetero) is 1. The third kappa shape index (κ3) is 11.2. The van der Waals surface area contributed by atoms with Gasteiger partial charge in [0.25, 0.3) is 0 Å². The SMILES string of the molecule is CCCCCCCCCCC(=O)C(CCC)CCC. The number of rotatable bonds is 14. The monoisotopic (exact) mass is 268 g/mol. The van der Waals surface area contributed by atoms with Crippen LogP contribution >= 0.6 is 0 Å². The highest BCUT2D eigenvalue weighted by Crippen LogP contribution is 2.18. The smallest absolute Gasteiger partial charge is 0.135 e. The molecule has 0 rings (SSSR count). The van der Waals surface area contributed by atoms with Gasteiger partial charge in [-0.2, -0.15) is 0 Å². The Morgan fingerprint density at radius 1 is 0.684 bits per heavy atom. The lowest BCUT2D eigenvalue weighted by Gasteiger charge is -2.13. The Labute approximate surface area is 121 Å². The van der Waals surface area contributed by atoms with Crippen molar-refractivity contribution in [3.8, 4) is 0 Å². The number of hydrogen-bond donors (Lipinski definition) is 0. The Morgan fingerprint density at radius 2 is 1.16 bits per heavy atom. The molecule has 0 aromatic heterocycles. The molecule has 114 valence electrons. The van der Waals surface area contributed by atoms with E-state index in [4.69, 9.17) is 0 Å². The summed E-state index contributed by atoms with van der Waals surface area (Å²) in [5, 5.41) is 0. The molecule has 19 heavy (non-hydrogen) atoms. The Kier molecular flexibility index (Phi) is 13.8. The fraction of sp³-hybridized carbons (Fsp3) is 0.944. The summed E-state index contributed by atoms with van der Waals surface area (Å²) in [6.07, 6.45) is 15.9. The summed E-state index contributed by atoms with van der Waals surface area (Å²) < 4.78 is 0. The lowest BCUT2D eigenvalue weighted by molar-refractivity contribution is -0.123. The van der Waals surface area contributed by atoms with Crippen molar-refractivity contribution in [2.75, 3.05) is 0 Å². The van der Waals surface area contributed by atoms with E-state index in [1.54, 1.807) is 0 Å². The van der Waals surface area contributed by atoms with Crippen molar-refractivity contribution >= 4 is 5.78 Å². The highest BCUT2D eigenvalue weighted by molar-refractivity contribution is 5.80. The van der Waals surface area contributed by atoms with E-state index >= 15 is 0 Å². The van der Waals surface area contributed by atoms with Crippen LogP contribution in [0.1, 0.15) is 104 Å². The predicted octanol–water partition coefficient (Wildman–Crippen LogP) is 6.30. The first kappa shape index (κ1) is 18.7. The van der Waals surface area contributed by atoms with E-state index in [0.717, 1.165) is 38.5 Å². The van der Waals surface area contributed by atoms with Gasteiger partial charge in [0.05, 0.1) is 0 Å². The topological polar surface area (TPSA) is 17.1 Å². The second kappa shape index (κ2) is 14.1. The summed E-state index contributed by atoms with van der Waals surface area (Å²) in [5.41, 5.74) is 0. The molecular weight excluding hydrogens is 232 g/mol. The molecule has 1 heteroatoms. The van der Waals surface area contributed by atoms with E-state index in [0.29, 0.717) is 11.7 Å². The molecule has 0 aliphatic carbocycles. The van der Waals surface area contributed by atoms with Gasteiger partial charge in [-0.25, -0.2) is 0 Å². The summed E-state index contributed by atoms with van der Waals surface area (Å²) in [4.78, 5) is 12.1. The van der Waals surface area contributed by atoms with Crippen LogP contribution in [0.15, 0.2) is 0 Å². The zero-order valence-electron chi connectivity index (χ0n) is 13.7. The molecule has 1 nitrogen and oxygen atoms in total. The quantitative estimate of drug-likeness (QED) is 0.338. The normalized spacial score (nSPS) is 11.2. The standard InChI is InChI=1S/C18H36O/c1-4-7-8-9-10-11-12-13-16-18(19)17(14-5-2)15-6-3/h17H,4-16H2,1-3H3. The highest BCUT2D eigenvalue weighted by Gasteiger charge is 2.15. The number of carbonyl (C=O) groups excluding carboxylic acids is 1. The summed E-state index contributed by atoms with van der Waals surface area (Å²) in [7, 11) is 0. The molecule has 0 saturated heterocycles. The largest absolute Gasteiger partial charge is 0.299 e. The molecule has 0 aliphatic rings. The highest BCUT2D eigenvalue weighted by atomic mass is 16.1. The molecule has 0 saturated carbocycles. The third-order valence-electron chi connectivity index (χ3n) is 4.01. The van der Waals surface area contributed by atoms with E-state index in [-0.39, 0.29) is 0 Å². The molecule has 0 amide bonds. The van der Waals surface area contributed by atoms with Crippen LogP contribution < -0.4 is 0 Å². The van der Waals surface area contributed by atoms with E-state index < -0.39 is 0 Å². The Balaban J connectivity index is 3.50. The van der Waals surface area contributed by atoms with E-state index in [1.165, 1.54) is 44.9 Å². The van der Waals surface area contributed by atoms with E-state index in [9.17, 15) is 4.79 Å². The van der Waals surface area contributed by atoms with Crippen molar-refractivity contribution in [1.82, 2.24) is 0 Å². The molecule has 0 heterocycles. The first-order valence-electron chi connectivity index (χ1n) is 8.78. The molecule has 0 atom stereocenters. The van der Waals surface area contributed by atoms with E-state index in [1.807, 2.05) is 0 Å². The number of carbonyl (C=O) groups is 1. The lowest BCUT2D eigenvalue weighted by Crippen LogP contribution is -2.14. The molecule has 0 spiro atoms. The Bertz CT molecular complexity index is 192. The van der Waals surface area contributed by atoms with Crippen LogP contribution in [0.2, 0.25) is 0 Å². The first-order chi connectivity index (χ1) is 9.26. The van der Waals surface area contributed by atoms with Gasteiger partial charge < -0.3 is 0 Å². The number of unbranched alkanes of at least 4 members (excludes halogenated alkanes) is 7. The molecule has 0 aliphatic heterocycles. The van der Waals surface area contributed by atoms with Gasteiger partial charge in [0.1, 0.15) is 5.78 Å². The van der Waals surface area contributed by atoms with Gasteiger partial charge in [-0.05, 0) is 19.3 Å². The molecule has 0 unspecified atom stereocenters. The second-order valence-corrected chi connectivity index (χ2v) is 5.97. The van der Waals surface area contributed by atoms with Crippen LogP contribution in [-0.4, -0.2) is 5.78 Å². The molecule has 0 aromatic carbocycles. The van der Waals surface area contributed by atoms with Crippen molar-refractivity contribution < 1.29 is 4.79 Å². The number of hydrogen-bond acceptors (Lipinski definition) is 1. The van der Waals surface area contributed by atoms with Crippen LogP contribution in [0.25, 0.3) is 0 Å². The maximum absolute atomic E-state index is 12.1. The van der Waals surface area contributed by atoms with Crippen molar-refractivity contribution in [3.05, 3.63) is 0 Å².